The predicted octanol–water partition coefficient (Wildman–Crippen LogP) is 8.63. The minimum atomic E-state index is -0.470. The van der Waals surface area contributed by atoms with E-state index in [1.807, 2.05) is 110 Å². The van der Waals surface area contributed by atoms with Crippen molar-refractivity contribution in [3.05, 3.63) is 102 Å². The first-order valence-electron chi connectivity index (χ1n) is 17.6. The Labute approximate surface area is 294 Å². The Kier molecular flexibility index (Phi) is 9.16. The molecule has 2 atom stereocenters. The largest absolute Gasteiger partial charge is 0.473 e. The summed E-state index contributed by atoms with van der Waals surface area (Å²) in [6.07, 6.45) is 3.05. The van der Waals surface area contributed by atoms with Crippen molar-refractivity contribution in [1.29, 1.82) is 0 Å². The number of carbonyl (C=O) groups is 1. The first kappa shape index (κ1) is 33.4. The van der Waals surface area contributed by atoms with Crippen molar-refractivity contribution in [3.63, 3.8) is 0 Å². The lowest BCUT2D eigenvalue weighted by atomic mass is 9.64. The molecule has 50 heavy (non-hydrogen) atoms. The van der Waals surface area contributed by atoms with Gasteiger partial charge in [-0.3, -0.25) is 4.68 Å². The predicted molar refractivity (Wildman–Crippen MR) is 196 cm³/mol. The van der Waals surface area contributed by atoms with Crippen LogP contribution in [0.2, 0.25) is 0 Å². The van der Waals surface area contributed by atoms with Crippen LogP contribution in [0, 0.1) is 11.3 Å². The highest BCUT2D eigenvalue weighted by Gasteiger charge is 2.50. The van der Waals surface area contributed by atoms with Crippen LogP contribution in [0.1, 0.15) is 58.1 Å². The van der Waals surface area contributed by atoms with Gasteiger partial charge in [0.15, 0.2) is 0 Å². The van der Waals surface area contributed by atoms with Gasteiger partial charge in [0.2, 0.25) is 11.8 Å². The maximum atomic E-state index is 12.5. The molecule has 5 aromatic rings. The number of carbonyl (C=O) groups excluding carboxylic acids is 1. The number of pyridine rings is 1. The summed E-state index contributed by atoms with van der Waals surface area (Å²) in [4.78, 5) is 19.2. The molecule has 1 saturated heterocycles. The summed E-state index contributed by atoms with van der Waals surface area (Å²) in [5.74, 6) is 1.45. The molecule has 0 radical (unpaired) electrons. The first-order valence-corrected chi connectivity index (χ1v) is 17.6. The molecule has 3 heterocycles. The number of benzene rings is 3. The molecule has 2 aliphatic rings. The van der Waals surface area contributed by atoms with Crippen LogP contribution >= 0.6 is 0 Å². The van der Waals surface area contributed by atoms with E-state index in [1.165, 1.54) is 0 Å². The summed E-state index contributed by atoms with van der Waals surface area (Å²) < 4.78 is 20.0. The molecular formula is C41H47N5O4. The minimum absolute atomic E-state index is 0.196. The van der Waals surface area contributed by atoms with E-state index in [9.17, 15) is 4.79 Å². The van der Waals surface area contributed by atoms with Crippen LogP contribution in [-0.4, -0.2) is 50.5 Å². The van der Waals surface area contributed by atoms with Gasteiger partial charge in [0, 0.05) is 48.7 Å². The summed E-state index contributed by atoms with van der Waals surface area (Å²) >= 11 is 0. The second-order valence-corrected chi connectivity index (χ2v) is 15.1. The number of rotatable bonds is 9. The van der Waals surface area contributed by atoms with Crippen LogP contribution in [0.3, 0.4) is 0 Å². The number of hydrogen-bond donors (Lipinski definition) is 1. The third kappa shape index (κ3) is 7.42. The second-order valence-electron chi connectivity index (χ2n) is 15.1. The van der Waals surface area contributed by atoms with E-state index in [1.54, 1.807) is 0 Å². The Hall–Kier alpha value is -5.05. The van der Waals surface area contributed by atoms with Crippen molar-refractivity contribution in [2.24, 2.45) is 18.4 Å². The van der Waals surface area contributed by atoms with Crippen molar-refractivity contribution in [2.75, 3.05) is 18.4 Å². The summed E-state index contributed by atoms with van der Waals surface area (Å²) in [7, 11) is 1.98. The van der Waals surface area contributed by atoms with E-state index in [4.69, 9.17) is 24.3 Å². The van der Waals surface area contributed by atoms with Gasteiger partial charge in [0.1, 0.15) is 24.5 Å². The molecule has 2 aromatic heterocycles. The number of fused-ring (bicyclic) bond motifs is 1. The normalized spacial score (nSPS) is 18.5. The van der Waals surface area contributed by atoms with Crippen LogP contribution in [0.4, 0.5) is 10.5 Å². The molecule has 0 unspecified atom stereocenters. The lowest BCUT2D eigenvalue weighted by Crippen LogP contribution is -2.62. The van der Waals surface area contributed by atoms with Gasteiger partial charge in [-0.15, -0.1) is 0 Å². The zero-order valence-electron chi connectivity index (χ0n) is 29.7. The topological polar surface area (TPSA) is 90.7 Å². The van der Waals surface area contributed by atoms with E-state index >= 15 is 0 Å². The fraction of sp³-hybridized carbons (Fsp3) is 0.390. The Bertz CT molecular complexity index is 1950. The first-order chi connectivity index (χ1) is 24.0. The van der Waals surface area contributed by atoms with Crippen LogP contribution in [0.5, 0.6) is 11.8 Å². The third-order valence-corrected chi connectivity index (χ3v) is 9.87. The summed E-state index contributed by atoms with van der Waals surface area (Å²) in [6.45, 7) is 10.4. The standard InChI is InChI=1S/C41H47N5O4/c1-28-23-41(26-46(27-41)39(47)50-40(2,3)4)21-20-34(28)42-31-16-17-32-35(22-31)45(5)44-37(32)33-18-19-36(48-24-29-12-8-6-9-13-29)43-38(33)49-25-30-14-10-7-11-15-30/h6-19,22,28,34,42H,20-21,23-27H2,1-5H3/t28-,34-/m1/s1. The molecule has 9 heteroatoms. The van der Waals surface area contributed by atoms with E-state index in [2.05, 4.69) is 30.4 Å². The van der Waals surface area contributed by atoms with Gasteiger partial charge in [-0.1, -0.05) is 67.6 Å². The van der Waals surface area contributed by atoms with Crippen molar-refractivity contribution in [2.45, 2.75) is 71.8 Å². The number of anilines is 1. The Morgan fingerprint density at radius 3 is 2.26 bits per heavy atom. The smallest absolute Gasteiger partial charge is 0.410 e. The average molecular weight is 674 g/mol. The van der Waals surface area contributed by atoms with Crippen molar-refractivity contribution in [1.82, 2.24) is 19.7 Å². The zero-order chi connectivity index (χ0) is 34.9. The van der Waals surface area contributed by atoms with Crippen LogP contribution in [0.15, 0.2) is 91.0 Å². The SMILES string of the molecule is C[C@@H]1CC2(CC[C@H]1Nc1ccc3c(-c4ccc(OCc5ccccc5)nc4OCc4ccccc4)nn(C)c3c1)CN(C(=O)OC(C)(C)C)C2. The number of hydrogen-bond acceptors (Lipinski definition) is 7. The van der Waals surface area contributed by atoms with Crippen molar-refractivity contribution in [3.8, 4) is 23.0 Å². The van der Waals surface area contributed by atoms with Crippen LogP contribution in [-0.2, 0) is 25.0 Å². The maximum Gasteiger partial charge on any atom is 0.410 e. The molecule has 1 spiro atoms. The van der Waals surface area contributed by atoms with E-state index in [-0.39, 0.29) is 11.5 Å². The van der Waals surface area contributed by atoms with Gasteiger partial charge in [-0.25, -0.2) is 4.79 Å². The number of amides is 1. The highest BCUT2D eigenvalue weighted by molar-refractivity contribution is 5.96. The van der Waals surface area contributed by atoms with Gasteiger partial charge < -0.3 is 24.4 Å². The molecule has 1 saturated carbocycles. The number of aryl methyl sites for hydroxylation is 1. The number of likely N-dealkylation sites (tertiary alicyclic amines) is 1. The zero-order valence-corrected chi connectivity index (χ0v) is 29.7. The van der Waals surface area contributed by atoms with Crippen molar-refractivity contribution < 1.29 is 19.0 Å². The molecule has 260 valence electrons. The van der Waals surface area contributed by atoms with Crippen LogP contribution in [0.25, 0.3) is 22.2 Å². The van der Waals surface area contributed by atoms with Gasteiger partial charge in [0.05, 0.1) is 11.1 Å². The number of aromatic nitrogens is 3. The summed E-state index contributed by atoms with van der Waals surface area (Å²) in [6, 6.07) is 30.8. The lowest BCUT2D eigenvalue weighted by Gasteiger charge is -2.55. The maximum absolute atomic E-state index is 12.5. The molecule has 9 nitrogen and oxygen atoms in total. The van der Waals surface area contributed by atoms with E-state index in [0.29, 0.717) is 36.9 Å². The van der Waals surface area contributed by atoms with Crippen molar-refractivity contribution >= 4 is 22.7 Å². The number of nitrogens with zero attached hydrogens (tertiary/aromatic N) is 4. The molecule has 0 bridgehead atoms. The second kappa shape index (κ2) is 13.7. The third-order valence-electron chi connectivity index (χ3n) is 9.87. The van der Waals surface area contributed by atoms with Gasteiger partial charge in [-0.05, 0) is 81.3 Å². The van der Waals surface area contributed by atoms with Gasteiger partial charge >= 0.3 is 6.09 Å². The molecule has 1 amide bonds. The molecule has 1 N–H and O–H groups in total. The fourth-order valence-corrected chi connectivity index (χ4v) is 7.41. The molecule has 1 aliphatic carbocycles. The van der Waals surface area contributed by atoms with E-state index in [0.717, 1.165) is 71.3 Å². The molecule has 7 rings (SSSR count). The fourth-order valence-electron chi connectivity index (χ4n) is 7.41. The highest BCUT2D eigenvalue weighted by atomic mass is 16.6. The number of ether oxygens (including phenoxy) is 3. The minimum Gasteiger partial charge on any atom is -0.473 e. The number of nitrogens with one attached hydrogen (secondary N) is 1. The Morgan fingerprint density at radius 2 is 1.60 bits per heavy atom. The lowest BCUT2D eigenvalue weighted by molar-refractivity contribution is -0.0580. The van der Waals surface area contributed by atoms with E-state index < -0.39 is 5.60 Å². The van der Waals surface area contributed by atoms with Gasteiger partial charge in [-0.2, -0.15) is 10.1 Å². The Morgan fingerprint density at radius 1 is 0.920 bits per heavy atom. The van der Waals surface area contributed by atoms with Crippen LogP contribution < -0.4 is 14.8 Å². The molecule has 3 aromatic carbocycles. The molecular weight excluding hydrogens is 626 g/mol. The Balaban J connectivity index is 1.07. The quantitative estimate of drug-likeness (QED) is 0.168. The molecule has 1 aliphatic heterocycles. The highest BCUT2D eigenvalue weighted by Crippen LogP contribution is 2.47. The monoisotopic (exact) mass is 673 g/mol. The molecule has 2 fully saturated rings. The summed E-state index contributed by atoms with van der Waals surface area (Å²) in [5, 5.41) is 9.83. The summed E-state index contributed by atoms with van der Waals surface area (Å²) in [5.41, 5.74) is 5.58. The van der Waals surface area contributed by atoms with Gasteiger partial charge in [0.25, 0.3) is 0 Å². The average Bonchev–Trinajstić information content (AvgIpc) is 3.41.